The van der Waals surface area contributed by atoms with Crippen LogP contribution in [-0.4, -0.2) is 11.5 Å². The van der Waals surface area contributed by atoms with Gasteiger partial charge in [0, 0.05) is 19.0 Å². The van der Waals surface area contributed by atoms with E-state index in [1.165, 1.54) is 6.07 Å². The Morgan fingerprint density at radius 1 is 1.47 bits per heavy atom. The van der Waals surface area contributed by atoms with Gasteiger partial charge in [0.1, 0.15) is 5.69 Å². The van der Waals surface area contributed by atoms with Crippen molar-refractivity contribution in [2.45, 2.75) is 26.2 Å². The van der Waals surface area contributed by atoms with Crippen molar-refractivity contribution in [2.75, 3.05) is 11.9 Å². The fourth-order valence-corrected chi connectivity index (χ4v) is 1.60. The van der Waals surface area contributed by atoms with Crippen LogP contribution in [0, 0.1) is 29.4 Å². The molecule has 0 bridgehead atoms. The number of unbranched alkanes of at least 4 members (excludes halogenated alkanes) is 2. The third-order valence-corrected chi connectivity index (χ3v) is 2.50. The summed E-state index contributed by atoms with van der Waals surface area (Å²) in [6.07, 6.45) is 7.74. The normalized spacial score (nSPS) is 9.65. The lowest BCUT2D eigenvalue weighted by Crippen LogP contribution is -2.05. The van der Waals surface area contributed by atoms with E-state index in [0.29, 0.717) is 12.2 Å². The van der Waals surface area contributed by atoms with Gasteiger partial charge in [-0.2, -0.15) is 0 Å². The van der Waals surface area contributed by atoms with Crippen molar-refractivity contribution < 1.29 is 4.92 Å². The maximum atomic E-state index is 10.8. The zero-order valence-corrected chi connectivity index (χ0v) is 9.90. The Balaban J connectivity index is 2.63. The van der Waals surface area contributed by atoms with Crippen LogP contribution in [0.2, 0.25) is 0 Å². The molecule has 0 spiro atoms. The molecule has 90 valence electrons. The van der Waals surface area contributed by atoms with E-state index >= 15 is 0 Å². The predicted octanol–water partition coefficient (Wildman–Crippen LogP) is 3.12. The molecule has 4 heteroatoms. The van der Waals surface area contributed by atoms with Gasteiger partial charge in [0.05, 0.1) is 4.92 Å². The standard InChI is InChI=1S/C13H16N2O2/c1-3-4-5-6-10-14-13-11(2)8-7-9-12(13)15(16)17/h1,7-9,14H,4-6,10H2,2H3. The first-order chi connectivity index (χ1) is 8.16. The molecule has 0 fully saturated rings. The molecule has 0 amide bonds. The van der Waals surface area contributed by atoms with Crippen LogP contribution in [-0.2, 0) is 0 Å². The number of nitrogens with one attached hydrogen (secondary N) is 1. The molecule has 1 rings (SSSR count). The number of nitrogens with zero attached hydrogens (tertiary/aromatic N) is 1. The highest BCUT2D eigenvalue weighted by molar-refractivity contribution is 5.65. The summed E-state index contributed by atoms with van der Waals surface area (Å²) in [7, 11) is 0. The SMILES string of the molecule is C#CCCCCNc1c(C)cccc1[N+](=O)[O-]. The van der Waals surface area contributed by atoms with E-state index in [4.69, 9.17) is 6.42 Å². The van der Waals surface area contributed by atoms with Crippen molar-refractivity contribution in [3.05, 3.63) is 33.9 Å². The molecule has 0 radical (unpaired) electrons. The first-order valence-corrected chi connectivity index (χ1v) is 5.58. The van der Waals surface area contributed by atoms with Crippen molar-refractivity contribution >= 4 is 11.4 Å². The molecule has 0 aromatic heterocycles. The Morgan fingerprint density at radius 3 is 2.88 bits per heavy atom. The van der Waals surface area contributed by atoms with Crippen molar-refractivity contribution in [2.24, 2.45) is 0 Å². The van der Waals surface area contributed by atoms with Crippen molar-refractivity contribution in [3.8, 4) is 12.3 Å². The van der Waals surface area contributed by atoms with Crippen molar-refractivity contribution in [1.29, 1.82) is 0 Å². The van der Waals surface area contributed by atoms with Crippen LogP contribution in [0.1, 0.15) is 24.8 Å². The lowest BCUT2D eigenvalue weighted by molar-refractivity contribution is -0.384. The molecule has 0 aliphatic rings. The van der Waals surface area contributed by atoms with Crippen LogP contribution in [0.15, 0.2) is 18.2 Å². The fourth-order valence-electron chi connectivity index (χ4n) is 1.60. The van der Waals surface area contributed by atoms with E-state index in [1.807, 2.05) is 13.0 Å². The first kappa shape index (κ1) is 13.0. The average Bonchev–Trinajstić information content (AvgIpc) is 2.30. The van der Waals surface area contributed by atoms with E-state index in [0.717, 1.165) is 24.8 Å². The summed E-state index contributed by atoms with van der Waals surface area (Å²) < 4.78 is 0. The molecule has 0 aliphatic heterocycles. The summed E-state index contributed by atoms with van der Waals surface area (Å²) in [5.74, 6) is 2.57. The zero-order chi connectivity index (χ0) is 12.7. The summed E-state index contributed by atoms with van der Waals surface area (Å²) >= 11 is 0. The number of benzene rings is 1. The van der Waals surface area contributed by atoms with Crippen LogP contribution < -0.4 is 5.32 Å². The maximum Gasteiger partial charge on any atom is 0.292 e. The van der Waals surface area contributed by atoms with Crippen LogP contribution in [0.4, 0.5) is 11.4 Å². The number of hydrogen-bond donors (Lipinski definition) is 1. The minimum Gasteiger partial charge on any atom is -0.379 e. The van der Waals surface area contributed by atoms with Crippen LogP contribution in [0.25, 0.3) is 0 Å². The largest absolute Gasteiger partial charge is 0.379 e. The highest BCUT2D eigenvalue weighted by Gasteiger charge is 2.14. The Morgan fingerprint density at radius 2 is 2.24 bits per heavy atom. The van der Waals surface area contributed by atoms with Gasteiger partial charge in [0.15, 0.2) is 0 Å². The molecule has 17 heavy (non-hydrogen) atoms. The minimum absolute atomic E-state index is 0.127. The lowest BCUT2D eigenvalue weighted by atomic mass is 10.1. The number of aryl methyl sites for hydroxylation is 1. The van der Waals surface area contributed by atoms with Crippen molar-refractivity contribution in [3.63, 3.8) is 0 Å². The molecule has 0 saturated heterocycles. The molecular weight excluding hydrogens is 216 g/mol. The molecule has 1 N–H and O–H groups in total. The fraction of sp³-hybridized carbons (Fsp3) is 0.385. The first-order valence-electron chi connectivity index (χ1n) is 5.58. The van der Waals surface area contributed by atoms with Crippen molar-refractivity contribution in [1.82, 2.24) is 0 Å². The lowest BCUT2D eigenvalue weighted by Gasteiger charge is -2.09. The number of terminal acetylenes is 1. The van der Waals surface area contributed by atoms with Gasteiger partial charge in [-0.15, -0.1) is 12.3 Å². The smallest absolute Gasteiger partial charge is 0.292 e. The molecule has 0 heterocycles. The van der Waals surface area contributed by atoms with Crippen LogP contribution >= 0.6 is 0 Å². The van der Waals surface area contributed by atoms with Gasteiger partial charge >= 0.3 is 0 Å². The molecule has 0 aliphatic carbocycles. The second-order valence-electron chi connectivity index (χ2n) is 3.81. The van der Waals surface area contributed by atoms with Gasteiger partial charge in [-0.25, -0.2) is 0 Å². The number of para-hydroxylation sites is 1. The summed E-state index contributed by atoms with van der Waals surface area (Å²) in [6.45, 7) is 2.56. The van der Waals surface area contributed by atoms with E-state index in [1.54, 1.807) is 6.07 Å². The van der Waals surface area contributed by atoms with E-state index in [2.05, 4.69) is 11.2 Å². The molecule has 0 saturated carbocycles. The number of anilines is 1. The molecule has 4 nitrogen and oxygen atoms in total. The van der Waals surface area contributed by atoms with E-state index in [9.17, 15) is 10.1 Å². The molecule has 1 aromatic carbocycles. The monoisotopic (exact) mass is 232 g/mol. The third-order valence-electron chi connectivity index (χ3n) is 2.50. The van der Waals surface area contributed by atoms with Gasteiger partial charge in [-0.05, 0) is 25.3 Å². The quantitative estimate of drug-likeness (QED) is 0.355. The van der Waals surface area contributed by atoms with E-state index < -0.39 is 0 Å². The Hall–Kier alpha value is -2.02. The Kier molecular flexibility index (Phi) is 5.02. The predicted molar refractivity (Wildman–Crippen MR) is 69.0 cm³/mol. The minimum atomic E-state index is -0.364. The second-order valence-corrected chi connectivity index (χ2v) is 3.81. The van der Waals surface area contributed by atoms with Gasteiger partial charge < -0.3 is 5.32 Å². The Labute approximate surface area is 101 Å². The van der Waals surface area contributed by atoms with Gasteiger partial charge in [-0.3, -0.25) is 10.1 Å². The van der Waals surface area contributed by atoms with Gasteiger partial charge in [0.2, 0.25) is 0 Å². The number of nitro groups is 1. The third kappa shape index (κ3) is 3.80. The summed E-state index contributed by atoms with van der Waals surface area (Å²) in [5.41, 5.74) is 1.62. The van der Waals surface area contributed by atoms with Crippen LogP contribution in [0.3, 0.4) is 0 Å². The highest BCUT2D eigenvalue weighted by Crippen LogP contribution is 2.27. The number of rotatable bonds is 6. The highest BCUT2D eigenvalue weighted by atomic mass is 16.6. The zero-order valence-electron chi connectivity index (χ0n) is 9.90. The number of hydrogen-bond acceptors (Lipinski definition) is 3. The van der Waals surface area contributed by atoms with Gasteiger partial charge in [0.25, 0.3) is 5.69 Å². The molecular formula is C13H16N2O2. The molecule has 1 aromatic rings. The Bertz CT molecular complexity index is 436. The summed E-state index contributed by atoms with van der Waals surface area (Å²) in [6, 6.07) is 5.06. The molecule has 0 atom stereocenters. The summed E-state index contributed by atoms with van der Waals surface area (Å²) in [5, 5.41) is 14.0. The van der Waals surface area contributed by atoms with E-state index in [-0.39, 0.29) is 10.6 Å². The maximum absolute atomic E-state index is 10.8. The van der Waals surface area contributed by atoms with Gasteiger partial charge in [-0.1, -0.05) is 12.1 Å². The number of nitro benzene ring substituents is 1. The second kappa shape index (κ2) is 6.54. The molecule has 0 unspecified atom stereocenters. The topological polar surface area (TPSA) is 55.2 Å². The summed E-state index contributed by atoms with van der Waals surface area (Å²) in [4.78, 5) is 10.5. The van der Waals surface area contributed by atoms with Crippen LogP contribution in [0.5, 0.6) is 0 Å². The average molecular weight is 232 g/mol.